The fourth-order valence-electron chi connectivity index (χ4n) is 0.823. The van der Waals surface area contributed by atoms with Crippen molar-refractivity contribution in [3.8, 4) is 0 Å². The van der Waals surface area contributed by atoms with Gasteiger partial charge in [0.15, 0.2) is 0 Å². The van der Waals surface area contributed by atoms with Crippen LogP contribution in [0.1, 0.15) is 22.3 Å². The number of rotatable bonds is 2. The predicted octanol–water partition coefficient (Wildman–Crippen LogP) is 3.05. The van der Waals surface area contributed by atoms with Gasteiger partial charge in [0, 0.05) is 18.0 Å². The number of aromatic nitrogens is 1. The molecule has 0 aromatic carbocycles. The Balaban J connectivity index is 3.34. The molecular weight excluding hydrogens is 223 g/mol. The summed E-state index contributed by atoms with van der Waals surface area (Å²) in [7, 11) is 0. The lowest BCUT2D eigenvalue weighted by Crippen LogP contribution is -2.00. The number of halogens is 4. The lowest BCUT2D eigenvalue weighted by molar-refractivity contribution is 0.106. The van der Waals surface area contributed by atoms with Crippen molar-refractivity contribution in [2.75, 3.05) is 0 Å². The summed E-state index contributed by atoms with van der Waals surface area (Å²) in [4.78, 5) is 14.1. The fraction of sp³-hybridized carbons (Fsp3) is 0.143. The monoisotopic (exact) mass is 225 g/mol. The van der Waals surface area contributed by atoms with Gasteiger partial charge in [-0.2, -0.15) is 0 Å². The summed E-state index contributed by atoms with van der Waals surface area (Å²) in [6, 6.07) is 0. The van der Waals surface area contributed by atoms with E-state index in [0.29, 0.717) is 0 Å². The van der Waals surface area contributed by atoms with Crippen molar-refractivity contribution in [2.45, 2.75) is 6.43 Å². The van der Waals surface area contributed by atoms with Crippen molar-refractivity contribution >= 4 is 28.4 Å². The van der Waals surface area contributed by atoms with Crippen LogP contribution in [0.4, 0.5) is 8.78 Å². The third-order valence-electron chi connectivity index (χ3n) is 1.36. The van der Waals surface area contributed by atoms with Gasteiger partial charge in [0.1, 0.15) is 0 Å². The van der Waals surface area contributed by atoms with Crippen LogP contribution in [0.25, 0.3) is 0 Å². The van der Waals surface area contributed by atoms with Crippen molar-refractivity contribution in [1.29, 1.82) is 0 Å². The van der Waals surface area contributed by atoms with Crippen LogP contribution in [0.2, 0.25) is 5.02 Å². The average molecular weight is 226 g/mol. The Bertz CT molecular complexity index is 343. The van der Waals surface area contributed by atoms with E-state index >= 15 is 0 Å². The minimum Gasteiger partial charge on any atom is -0.276 e. The third-order valence-corrected chi connectivity index (χ3v) is 1.84. The standard InChI is InChI=1S/C7H3Cl2F2NO/c8-4-2-12-1-3(7(10)11)5(4)6(9)13/h1-2,7H. The van der Waals surface area contributed by atoms with Gasteiger partial charge in [-0.1, -0.05) is 11.6 Å². The van der Waals surface area contributed by atoms with Crippen molar-refractivity contribution in [1.82, 2.24) is 4.98 Å². The number of alkyl halides is 2. The molecular formula is C7H3Cl2F2NO. The van der Waals surface area contributed by atoms with Gasteiger partial charge in [-0.25, -0.2) is 8.78 Å². The van der Waals surface area contributed by atoms with Crippen molar-refractivity contribution < 1.29 is 13.6 Å². The number of carbonyl (C=O) groups excluding carboxylic acids is 1. The van der Waals surface area contributed by atoms with Gasteiger partial charge in [0.2, 0.25) is 0 Å². The van der Waals surface area contributed by atoms with E-state index in [2.05, 4.69) is 4.98 Å². The van der Waals surface area contributed by atoms with Gasteiger partial charge in [-0.3, -0.25) is 9.78 Å². The highest BCUT2D eigenvalue weighted by molar-refractivity contribution is 6.69. The highest BCUT2D eigenvalue weighted by Crippen LogP contribution is 2.28. The van der Waals surface area contributed by atoms with Gasteiger partial charge in [0.25, 0.3) is 11.7 Å². The Morgan fingerprint density at radius 2 is 2.08 bits per heavy atom. The van der Waals surface area contributed by atoms with Gasteiger partial charge in [0.05, 0.1) is 10.6 Å². The van der Waals surface area contributed by atoms with Crippen molar-refractivity contribution in [3.05, 3.63) is 28.5 Å². The molecule has 0 spiro atoms. The Kier molecular flexibility index (Phi) is 3.17. The lowest BCUT2D eigenvalue weighted by atomic mass is 10.1. The molecule has 0 aliphatic rings. The summed E-state index contributed by atoms with van der Waals surface area (Å²) >= 11 is 10.5. The van der Waals surface area contributed by atoms with Gasteiger partial charge in [-0.05, 0) is 11.6 Å². The summed E-state index contributed by atoms with van der Waals surface area (Å²) in [5.74, 6) is 0. The zero-order valence-electron chi connectivity index (χ0n) is 6.10. The summed E-state index contributed by atoms with van der Waals surface area (Å²) < 4.78 is 24.5. The van der Waals surface area contributed by atoms with Gasteiger partial charge in [-0.15, -0.1) is 0 Å². The molecule has 2 nitrogen and oxygen atoms in total. The molecule has 0 radical (unpaired) electrons. The fourth-order valence-corrected chi connectivity index (χ4v) is 1.33. The molecule has 70 valence electrons. The van der Waals surface area contributed by atoms with Gasteiger partial charge < -0.3 is 0 Å². The third kappa shape index (κ3) is 2.14. The molecule has 0 amide bonds. The normalized spacial score (nSPS) is 10.5. The molecule has 1 rings (SSSR count). The van der Waals surface area contributed by atoms with Crippen molar-refractivity contribution in [3.63, 3.8) is 0 Å². The lowest BCUT2D eigenvalue weighted by Gasteiger charge is -2.04. The Morgan fingerprint density at radius 1 is 1.46 bits per heavy atom. The average Bonchev–Trinajstić information content (AvgIpc) is 2.02. The second kappa shape index (κ2) is 3.98. The maximum atomic E-state index is 12.3. The number of nitrogens with zero attached hydrogens (tertiary/aromatic N) is 1. The quantitative estimate of drug-likeness (QED) is 0.725. The molecule has 0 bridgehead atoms. The van der Waals surface area contributed by atoms with E-state index < -0.39 is 17.2 Å². The Morgan fingerprint density at radius 3 is 2.46 bits per heavy atom. The molecule has 13 heavy (non-hydrogen) atoms. The minimum absolute atomic E-state index is 0.169. The summed E-state index contributed by atoms with van der Waals surface area (Å²) in [5, 5.41) is -1.18. The molecule has 1 aromatic heterocycles. The van der Waals surface area contributed by atoms with Crippen LogP contribution < -0.4 is 0 Å². The van der Waals surface area contributed by atoms with Crippen LogP contribution in [0.5, 0.6) is 0 Å². The minimum atomic E-state index is -2.82. The van der Waals surface area contributed by atoms with Crippen molar-refractivity contribution in [2.24, 2.45) is 0 Å². The van der Waals surface area contributed by atoms with Crippen LogP contribution in [0.15, 0.2) is 12.4 Å². The molecule has 0 aliphatic carbocycles. The highest BCUT2D eigenvalue weighted by Gasteiger charge is 2.20. The molecule has 0 atom stereocenters. The van der Waals surface area contributed by atoms with Gasteiger partial charge >= 0.3 is 0 Å². The topological polar surface area (TPSA) is 30.0 Å². The van der Waals surface area contributed by atoms with E-state index in [4.69, 9.17) is 23.2 Å². The summed E-state index contributed by atoms with van der Waals surface area (Å²) in [6.07, 6.45) is -0.862. The van der Waals surface area contributed by atoms with Crippen LogP contribution in [0.3, 0.4) is 0 Å². The number of carbonyl (C=O) groups is 1. The van der Waals surface area contributed by atoms with Crippen LogP contribution in [0, 0.1) is 0 Å². The van der Waals surface area contributed by atoms with E-state index in [0.717, 1.165) is 12.4 Å². The van der Waals surface area contributed by atoms with Crippen LogP contribution in [-0.2, 0) is 0 Å². The molecule has 0 saturated heterocycles. The molecule has 1 aromatic rings. The highest BCUT2D eigenvalue weighted by atomic mass is 35.5. The first kappa shape index (κ1) is 10.3. The maximum absolute atomic E-state index is 12.3. The largest absolute Gasteiger partial charge is 0.276 e. The second-order valence-corrected chi connectivity index (χ2v) is 2.91. The van der Waals surface area contributed by atoms with E-state index in [9.17, 15) is 13.6 Å². The molecule has 0 saturated carbocycles. The zero-order valence-corrected chi connectivity index (χ0v) is 7.61. The molecule has 0 aliphatic heterocycles. The number of hydrogen-bond acceptors (Lipinski definition) is 2. The summed E-state index contributed by atoms with van der Waals surface area (Å²) in [5.41, 5.74) is -0.930. The SMILES string of the molecule is O=C(Cl)c1c(Cl)cncc1C(F)F. The van der Waals surface area contributed by atoms with E-state index in [1.807, 2.05) is 0 Å². The molecule has 0 fully saturated rings. The number of hydrogen-bond donors (Lipinski definition) is 0. The van der Waals surface area contributed by atoms with Crippen LogP contribution in [-0.4, -0.2) is 10.2 Å². The van der Waals surface area contributed by atoms with E-state index in [1.54, 1.807) is 0 Å². The van der Waals surface area contributed by atoms with Crippen LogP contribution >= 0.6 is 23.2 Å². The zero-order chi connectivity index (χ0) is 10.0. The predicted molar refractivity (Wildman–Crippen MR) is 44.4 cm³/mol. The second-order valence-electron chi connectivity index (χ2n) is 2.16. The summed E-state index contributed by atoms with van der Waals surface area (Å²) in [6.45, 7) is 0. The maximum Gasteiger partial charge on any atom is 0.266 e. The number of pyridine rings is 1. The first-order valence-electron chi connectivity index (χ1n) is 3.15. The van der Waals surface area contributed by atoms with E-state index in [-0.39, 0.29) is 10.6 Å². The molecule has 0 N–H and O–H groups in total. The van der Waals surface area contributed by atoms with E-state index in [1.165, 1.54) is 0 Å². The first-order valence-corrected chi connectivity index (χ1v) is 3.91. The molecule has 0 unspecified atom stereocenters. The molecule has 6 heteroatoms. The first-order chi connectivity index (χ1) is 6.04. The Labute approximate surface area is 82.5 Å². The Hall–Kier alpha value is -0.740. The molecule has 1 heterocycles. The smallest absolute Gasteiger partial charge is 0.266 e.